The van der Waals surface area contributed by atoms with Crippen LogP contribution >= 0.6 is 15.9 Å². The zero-order valence-corrected chi connectivity index (χ0v) is 14.2. The summed E-state index contributed by atoms with van der Waals surface area (Å²) < 4.78 is 6.49. The second kappa shape index (κ2) is 7.84. The van der Waals surface area contributed by atoms with Gasteiger partial charge in [-0.15, -0.1) is 0 Å². The number of aryl methyl sites for hydroxylation is 2. The van der Waals surface area contributed by atoms with E-state index in [-0.39, 0.29) is 6.03 Å². The minimum absolute atomic E-state index is 0.252. The number of amides is 2. The molecule has 2 N–H and O–H groups in total. The average molecular weight is 363 g/mol. The summed E-state index contributed by atoms with van der Waals surface area (Å²) in [5, 5.41) is 5.56. The summed E-state index contributed by atoms with van der Waals surface area (Å²) in [6.45, 7) is 4.85. The number of hydrogen-bond acceptors (Lipinski definition) is 2. The Kier molecular flexibility index (Phi) is 5.83. The molecule has 0 atom stereocenters. The zero-order chi connectivity index (χ0) is 15.9. The lowest BCUT2D eigenvalue weighted by atomic mass is 10.2. The molecular weight excluding hydrogens is 344 g/mol. The SMILES string of the molecule is Cc1ccc(NC(=O)NCCOc2ccccc2C)c(Br)c1. The predicted molar refractivity (Wildman–Crippen MR) is 92.6 cm³/mol. The minimum atomic E-state index is -0.252. The van der Waals surface area contributed by atoms with Crippen molar-refractivity contribution >= 4 is 27.6 Å². The van der Waals surface area contributed by atoms with E-state index in [1.54, 1.807) is 0 Å². The van der Waals surface area contributed by atoms with Gasteiger partial charge in [0.1, 0.15) is 12.4 Å². The smallest absolute Gasteiger partial charge is 0.319 e. The highest BCUT2D eigenvalue weighted by Gasteiger charge is 2.05. The highest BCUT2D eigenvalue weighted by molar-refractivity contribution is 9.10. The van der Waals surface area contributed by atoms with Crippen molar-refractivity contribution in [2.75, 3.05) is 18.5 Å². The predicted octanol–water partition coefficient (Wildman–Crippen LogP) is 4.27. The Morgan fingerprint density at radius 1 is 1.18 bits per heavy atom. The summed E-state index contributed by atoms with van der Waals surface area (Å²) in [6, 6.07) is 13.3. The first-order chi connectivity index (χ1) is 10.6. The summed E-state index contributed by atoms with van der Waals surface area (Å²) >= 11 is 3.43. The Balaban J connectivity index is 1.75. The van der Waals surface area contributed by atoms with E-state index in [9.17, 15) is 4.79 Å². The molecule has 0 saturated heterocycles. The largest absolute Gasteiger partial charge is 0.491 e. The Morgan fingerprint density at radius 2 is 1.95 bits per heavy atom. The van der Waals surface area contributed by atoms with Crippen LogP contribution in [0.4, 0.5) is 10.5 Å². The van der Waals surface area contributed by atoms with E-state index in [0.717, 1.165) is 27.0 Å². The van der Waals surface area contributed by atoms with E-state index in [1.165, 1.54) is 0 Å². The maximum atomic E-state index is 11.8. The molecule has 0 aliphatic carbocycles. The lowest BCUT2D eigenvalue weighted by Gasteiger charge is -2.11. The topological polar surface area (TPSA) is 50.4 Å². The molecule has 2 rings (SSSR count). The van der Waals surface area contributed by atoms with Crippen LogP contribution in [0.15, 0.2) is 46.9 Å². The summed E-state index contributed by atoms with van der Waals surface area (Å²) in [6.07, 6.45) is 0. The van der Waals surface area contributed by atoms with Gasteiger partial charge in [-0.05, 0) is 59.1 Å². The number of carbonyl (C=O) groups excluding carboxylic acids is 1. The number of hydrogen-bond donors (Lipinski definition) is 2. The van der Waals surface area contributed by atoms with Crippen molar-refractivity contribution in [1.29, 1.82) is 0 Å². The highest BCUT2D eigenvalue weighted by Crippen LogP contribution is 2.23. The number of para-hydroxylation sites is 1. The number of benzene rings is 2. The molecule has 0 bridgehead atoms. The molecule has 0 aliphatic rings. The fraction of sp³-hybridized carbons (Fsp3) is 0.235. The van der Waals surface area contributed by atoms with Crippen molar-refractivity contribution in [2.45, 2.75) is 13.8 Å². The fourth-order valence-corrected chi connectivity index (χ4v) is 2.52. The molecule has 116 valence electrons. The summed E-state index contributed by atoms with van der Waals surface area (Å²) in [7, 11) is 0. The molecule has 0 spiro atoms. The van der Waals surface area contributed by atoms with Gasteiger partial charge in [-0.25, -0.2) is 4.79 Å². The number of anilines is 1. The Morgan fingerprint density at radius 3 is 2.68 bits per heavy atom. The van der Waals surface area contributed by atoms with Crippen LogP contribution in [-0.2, 0) is 0 Å². The second-order valence-electron chi connectivity index (χ2n) is 4.98. The van der Waals surface area contributed by atoms with Gasteiger partial charge >= 0.3 is 6.03 Å². The standard InChI is InChI=1S/C17H19BrN2O2/c1-12-7-8-15(14(18)11-12)20-17(21)19-9-10-22-16-6-4-3-5-13(16)2/h3-8,11H,9-10H2,1-2H3,(H2,19,20,21). The normalized spacial score (nSPS) is 10.1. The molecular formula is C17H19BrN2O2. The number of rotatable bonds is 5. The molecule has 0 unspecified atom stereocenters. The third kappa shape index (κ3) is 4.77. The molecule has 2 aromatic carbocycles. The van der Waals surface area contributed by atoms with Crippen LogP contribution in [0.1, 0.15) is 11.1 Å². The molecule has 2 amide bonds. The van der Waals surface area contributed by atoms with Crippen LogP contribution in [0, 0.1) is 13.8 Å². The van der Waals surface area contributed by atoms with Gasteiger partial charge in [0.15, 0.2) is 0 Å². The molecule has 2 aromatic rings. The Hall–Kier alpha value is -2.01. The van der Waals surface area contributed by atoms with Crippen molar-refractivity contribution in [1.82, 2.24) is 5.32 Å². The average Bonchev–Trinajstić information content (AvgIpc) is 2.48. The monoisotopic (exact) mass is 362 g/mol. The molecule has 0 radical (unpaired) electrons. The van der Waals surface area contributed by atoms with Crippen molar-refractivity contribution < 1.29 is 9.53 Å². The van der Waals surface area contributed by atoms with Crippen molar-refractivity contribution in [3.63, 3.8) is 0 Å². The Labute approximate surface area is 139 Å². The molecule has 5 heteroatoms. The molecule has 22 heavy (non-hydrogen) atoms. The first-order valence-corrected chi connectivity index (χ1v) is 7.85. The lowest BCUT2D eigenvalue weighted by Crippen LogP contribution is -2.32. The number of ether oxygens (including phenoxy) is 1. The number of carbonyl (C=O) groups is 1. The number of halogens is 1. The van der Waals surface area contributed by atoms with E-state index >= 15 is 0 Å². The van der Waals surface area contributed by atoms with Gasteiger partial charge in [-0.2, -0.15) is 0 Å². The number of nitrogens with one attached hydrogen (secondary N) is 2. The van der Waals surface area contributed by atoms with Crippen molar-refractivity contribution in [3.05, 3.63) is 58.1 Å². The van der Waals surface area contributed by atoms with E-state index in [2.05, 4.69) is 26.6 Å². The maximum absolute atomic E-state index is 11.8. The van der Waals surface area contributed by atoms with Crippen LogP contribution in [0.2, 0.25) is 0 Å². The van der Waals surface area contributed by atoms with Gasteiger partial charge in [0.2, 0.25) is 0 Å². The molecule has 0 aromatic heterocycles. The molecule has 0 fully saturated rings. The van der Waals surface area contributed by atoms with Gasteiger partial charge < -0.3 is 15.4 Å². The molecule has 0 saturated carbocycles. The maximum Gasteiger partial charge on any atom is 0.319 e. The summed E-state index contributed by atoms with van der Waals surface area (Å²) in [5.74, 6) is 0.839. The van der Waals surface area contributed by atoms with E-state index in [4.69, 9.17) is 4.74 Å². The van der Waals surface area contributed by atoms with Gasteiger partial charge in [-0.1, -0.05) is 24.3 Å². The van der Waals surface area contributed by atoms with Crippen LogP contribution in [-0.4, -0.2) is 19.2 Å². The zero-order valence-electron chi connectivity index (χ0n) is 12.7. The van der Waals surface area contributed by atoms with E-state index < -0.39 is 0 Å². The highest BCUT2D eigenvalue weighted by atomic mass is 79.9. The number of urea groups is 1. The first-order valence-electron chi connectivity index (χ1n) is 7.05. The molecule has 4 nitrogen and oxygen atoms in total. The molecule has 0 heterocycles. The van der Waals surface area contributed by atoms with Crippen LogP contribution in [0.25, 0.3) is 0 Å². The Bertz CT molecular complexity index is 659. The quantitative estimate of drug-likeness (QED) is 0.780. The van der Waals surface area contributed by atoms with Crippen LogP contribution < -0.4 is 15.4 Å². The second-order valence-corrected chi connectivity index (χ2v) is 5.83. The minimum Gasteiger partial charge on any atom is -0.491 e. The van der Waals surface area contributed by atoms with Gasteiger partial charge in [-0.3, -0.25) is 0 Å². The van der Waals surface area contributed by atoms with Gasteiger partial charge in [0.25, 0.3) is 0 Å². The summed E-state index contributed by atoms with van der Waals surface area (Å²) in [5.41, 5.74) is 2.95. The van der Waals surface area contributed by atoms with E-state index in [0.29, 0.717) is 13.2 Å². The van der Waals surface area contributed by atoms with Gasteiger partial charge in [0.05, 0.1) is 12.2 Å². The van der Waals surface area contributed by atoms with Crippen LogP contribution in [0.5, 0.6) is 5.75 Å². The first kappa shape index (κ1) is 16.4. The lowest BCUT2D eigenvalue weighted by molar-refractivity contribution is 0.247. The third-order valence-electron chi connectivity index (χ3n) is 3.11. The van der Waals surface area contributed by atoms with Gasteiger partial charge in [0, 0.05) is 4.47 Å². The van der Waals surface area contributed by atoms with Crippen molar-refractivity contribution in [3.8, 4) is 5.75 Å². The van der Waals surface area contributed by atoms with E-state index in [1.807, 2.05) is 56.3 Å². The summed E-state index contributed by atoms with van der Waals surface area (Å²) in [4.78, 5) is 11.8. The van der Waals surface area contributed by atoms with Crippen molar-refractivity contribution in [2.24, 2.45) is 0 Å². The fourth-order valence-electron chi connectivity index (χ4n) is 1.93. The molecule has 0 aliphatic heterocycles. The third-order valence-corrected chi connectivity index (χ3v) is 3.77. The van der Waals surface area contributed by atoms with Crippen LogP contribution in [0.3, 0.4) is 0 Å².